The van der Waals surface area contributed by atoms with Crippen molar-refractivity contribution in [3.05, 3.63) is 51.0 Å². The monoisotopic (exact) mass is 385 g/mol. The van der Waals surface area contributed by atoms with Gasteiger partial charge in [0, 0.05) is 37.1 Å². The van der Waals surface area contributed by atoms with E-state index in [4.69, 9.17) is 0 Å². The van der Waals surface area contributed by atoms with Crippen LogP contribution in [0.15, 0.2) is 29.3 Å². The maximum Gasteiger partial charge on any atom is 0.191 e. The molecule has 0 atom stereocenters. The fraction of sp³-hybridized carbons (Fsp3) is 0.524. The molecule has 3 rings (SSSR count). The molecular formula is C21H31N5S. The maximum absolute atomic E-state index is 4.59. The molecule has 1 aromatic carbocycles. The Morgan fingerprint density at radius 2 is 1.96 bits per heavy atom. The van der Waals surface area contributed by atoms with Gasteiger partial charge in [-0.25, -0.2) is 4.98 Å². The number of aryl methyl sites for hydroxylation is 2. The molecule has 0 spiro atoms. The summed E-state index contributed by atoms with van der Waals surface area (Å²) in [6.07, 6.45) is 1.12. The van der Waals surface area contributed by atoms with Crippen LogP contribution in [0, 0.1) is 13.8 Å². The predicted molar refractivity (Wildman–Crippen MR) is 114 cm³/mol. The average molecular weight is 386 g/mol. The van der Waals surface area contributed by atoms with E-state index in [2.05, 4.69) is 77.5 Å². The molecule has 6 heteroatoms. The van der Waals surface area contributed by atoms with Gasteiger partial charge in [-0.3, -0.25) is 9.89 Å². The Morgan fingerprint density at radius 1 is 1.22 bits per heavy atom. The first-order chi connectivity index (χ1) is 12.9. The third kappa shape index (κ3) is 4.87. The van der Waals surface area contributed by atoms with Crippen molar-refractivity contribution in [2.75, 3.05) is 20.1 Å². The zero-order valence-electron chi connectivity index (χ0n) is 17.1. The maximum atomic E-state index is 4.59. The molecule has 0 saturated carbocycles. The van der Waals surface area contributed by atoms with Crippen molar-refractivity contribution >= 4 is 17.3 Å². The molecule has 0 saturated heterocycles. The standard InChI is InChI=1S/C21H31N5S/c1-15-16(2)27-19(25-15)12-23-20(22-5)24-14-21(3,4)26-11-10-17-8-6-7-9-18(17)13-26/h6-9H,10-14H2,1-5H3,(H2,22,23,24). The Kier molecular flexibility index (Phi) is 6.17. The lowest BCUT2D eigenvalue weighted by Crippen LogP contribution is -2.54. The smallest absolute Gasteiger partial charge is 0.191 e. The number of aliphatic imine (C=N–C) groups is 1. The van der Waals surface area contributed by atoms with Crippen molar-refractivity contribution in [1.82, 2.24) is 20.5 Å². The van der Waals surface area contributed by atoms with Gasteiger partial charge in [-0.1, -0.05) is 24.3 Å². The highest BCUT2D eigenvalue weighted by Crippen LogP contribution is 2.25. The zero-order valence-corrected chi connectivity index (χ0v) is 17.9. The summed E-state index contributed by atoms with van der Waals surface area (Å²) in [5, 5.41) is 7.98. The quantitative estimate of drug-likeness (QED) is 0.613. The van der Waals surface area contributed by atoms with Crippen LogP contribution < -0.4 is 10.6 Å². The molecule has 27 heavy (non-hydrogen) atoms. The van der Waals surface area contributed by atoms with Crippen molar-refractivity contribution < 1.29 is 0 Å². The van der Waals surface area contributed by atoms with Gasteiger partial charge in [-0.05, 0) is 45.2 Å². The highest BCUT2D eigenvalue weighted by molar-refractivity contribution is 7.11. The molecular weight excluding hydrogens is 354 g/mol. The second kappa shape index (κ2) is 8.40. The number of nitrogens with one attached hydrogen (secondary N) is 2. The third-order valence-electron chi connectivity index (χ3n) is 5.38. The van der Waals surface area contributed by atoms with E-state index in [1.54, 1.807) is 11.3 Å². The van der Waals surface area contributed by atoms with Crippen LogP contribution in [0.3, 0.4) is 0 Å². The Balaban J connectivity index is 1.54. The van der Waals surface area contributed by atoms with Crippen molar-refractivity contribution in [1.29, 1.82) is 0 Å². The molecule has 2 heterocycles. The van der Waals surface area contributed by atoms with Crippen LogP contribution in [0.1, 0.15) is 40.6 Å². The summed E-state index contributed by atoms with van der Waals surface area (Å²) in [7, 11) is 1.82. The summed E-state index contributed by atoms with van der Waals surface area (Å²) in [4.78, 5) is 12.8. The zero-order chi connectivity index (χ0) is 19.4. The van der Waals surface area contributed by atoms with Gasteiger partial charge < -0.3 is 10.6 Å². The molecule has 1 aliphatic heterocycles. The van der Waals surface area contributed by atoms with Gasteiger partial charge in [-0.2, -0.15) is 0 Å². The molecule has 1 aliphatic rings. The predicted octanol–water partition coefficient (Wildman–Crippen LogP) is 3.26. The van der Waals surface area contributed by atoms with Crippen LogP contribution in [0.25, 0.3) is 0 Å². The summed E-state index contributed by atoms with van der Waals surface area (Å²) < 4.78 is 0. The van der Waals surface area contributed by atoms with Gasteiger partial charge in [0.2, 0.25) is 0 Å². The van der Waals surface area contributed by atoms with Gasteiger partial charge in [0.05, 0.1) is 12.2 Å². The van der Waals surface area contributed by atoms with E-state index in [0.717, 1.165) is 42.7 Å². The number of thiazole rings is 1. The number of rotatable bonds is 5. The molecule has 5 nitrogen and oxygen atoms in total. The molecule has 2 aromatic rings. The second-order valence-corrected chi connectivity index (χ2v) is 9.07. The first-order valence-corrected chi connectivity index (χ1v) is 10.4. The van der Waals surface area contributed by atoms with Crippen LogP contribution in [-0.4, -0.2) is 41.5 Å². The second-order valence-electron chi connectivity index (χ2n) is 7.78. The summed E-state index contributed by atoms with van der Waals surface area (Å²) in [6, 6.07) is 8.79. The molecule has 0 unspecified atom stereocenters. The van der Waals surface area contributed by atoms with Gasteiger partial charge in [-0.15, -0.1) is 11.3 Å². The summed E-state index contributed by atoms with van der Waals surface area (Å²) in [5.41, 5.74) is 4.10. The first kappa shape index (κ1) is 19.8. The van der Waals surface area contributed by atoms with Gasteiger partial charge >= 0.3 is 0 Å². The molecule has 146 valence electrons. The van der Waals surface area contributed by atoms with Gasteiger partial charge in [0.15, 0.2) is 5.96 Å². The Hall–Kier alpha value is -1.92. The van der Waals surface area contributed by atoms with E-state index in [1.807, 2.05) is 7.05 Å². The van der Waals surface area contributed by atoms with Crippen LogP contribution in [0.2, 0.25) is 0 Å². The van der Waals surface area contributed by atoms with Crippen LogP contribution >= 0.6 is 11.3 Å². The molecule has 0 aliphatic carbocycles. The van der Waals surface area contributed by atoms with E-state index in [-0.39, 0.29) is 5.54 Å². The fourth-order valence-electron chi connectivity index (χ4n) is 3.42. The van der Waals surface area contributed by atoms with Crippen molar-refractivity contribution in [2.24, 2.45) is 4.99 Å². The van der Waals surface area contributed by atoms with E-state index in [0.29, 0.717) is 6.54 Å². The molecule has 0 amide bonds. The lowest BCUT2D eigenvalue weighted by molar-refractivity contribution is 0.107. The summed E-state index contributed by atoms with van der Waals surface area (Å²) >= 11 is 1.74. The lowest BCUT2D eigenvalue weighted by Gasteiger charge is -2.42. The summed E-state index contributed by atoms with van der Waals surface area (Å²) in [5.74, 6) is 0.825. The molecule has 0 fully saturated rings. The van der Waals surface area contributed by atoms with Crippen LogP contribution in [0.4, 0.5) is 0 Å². The third-order valence-corrected chi connectivity index (χ3v) is 6.45. The number of nitrogens with zero attached hydrogens (tertiary/aromatic N) is 3. The van der Waals surface area contributed by atoms with E-state index < -0.39 is 0 Å². The largest absolute Gasteiger partial charge is 0.355 e. The van der Waals surface area contributed by atoms with E-state index in [9.17, 15) is 0 Å². The van der Waals surface area contributed by atoms with E-state index in [1.165, 1.54) is 16.0 Å². The fourth-order valence-corrected chi connectivity index (χ4v) is 4.29. The lowest BCUT2D eigenvalue weighted by atomic mass is 9.94. The molecule has 0 radical (unpaired) electrons. The highest BCUT2D eigenvalue weighted by Gasteiger charge is 2.29. The van der Waals surface area contributed by atoms with E-state index >= 15 is 0 Å². The van der Waals surface area contributed by atoms with Crippen molar-refractivity contribution in [2.45, 2.75) is 52.7 Å². The van der Waals surface area contributed by atoms with Crippen molar-refractivity contribution in [3.63, 3.8) is 0 Å². The SMILES string of the molecule is CN=C(NCc1nc(C)c(C)s1)NCC(C)(C)N1CCc2ccccc2C1. The number of hydrogen-bond acceptors (Lipinski definition) is 4. The van der Waals surface area contributed by atoms with Crippen molar-refractivity contribution in [3.8, 4) is 0 Å². The number of guanidine groups is 1. The Labute approximate surface area is 166 Å². The summed E-state index contributed by atoms with van der Waals surface area (Å²) in [6.45, 7) is 12.4. The first-order valence-electron chi connectivity index (χ1n) is 9.58. The number of fused-ring (bicyclic) bond motifs is 1. The molecule has 0 bridgehead atoms. The van der Waals surface area contributed by atoms with Crippen LogP contribution in [-0.2, 0) is 19.5 Å². The topological polar surface area (TPSA) is 52.6 Å². The van der Waals surface area contributed by atoms with Gasteiger partial charge in [0.25, 0.3) is 0 Å². The number of hydrogen-bond donors (Lipinski definition) is 2. The Morgan fingerprint density at radius 3 is 2.63 bits per heavy atom. The minimum Gasteiger partial charge on any atom is -0.355 e. The number of benzene rings is 1. The van der Waals surface area contributed by atoms with Gasteiger partial charge in [0.1, 0.15) is 5.01 Å². The minimum absolute atomic E-state index is 0.0412. The number of aromatic nitrogens is 1. The normalized spacial score (nSPS) is 15.5. The average Bonchev–Trinajstić information content (AvgIpc) is 2.99. The molecule has 2 N–H and O–H groups in total. The molecule has 1 aromatic heterocycles. The Bertz CT molecular complexity index is 789. The highest BCUT2D eigenvalue weighted by atomic mass is 32.1. The minimum atomic E-state index is 0.0412. The van der Waals surface area contributed by atoms with Crippen LogP contribution in [0.5, 0.6) is 0 Å².